The fraction of sp³-hybridized carbons (Fsp3) is 0.950. The summed E-state index contributed by atoms with van der Waals surface area (Å²) in [5, 5.41) is 0. The van der Waals surface area contributed by atoms with Crippen molar-refractivity contribution in [2.24, 2.45) is 28.9 Å². The smallest absolute Gasteiger partial charge is 0.225 e. The van der Waals surface area contributed by atoms with Crippen molar-refractivity contribution in [1.82, 2.24) is 4.90 Å². The molecule has 1 amide bonds. The van der Waals surface area contributed by atoms with E-state index in [-0.39, 0.29) is 5.92 Å². The molecule has 3 heteroatoms. The van der Waals surface area contributed by atoms with Gasteiger partial charge < -0.3 is 10.6 Å². The average Bonchev–Trinajstić information content (AvgIpc) is 2.55. The van der Waals surface area contributed by atoms with Crippen LogP contribution in [0.1, 0.15) is 77.0 Å². The maximum Gasteiger partial charge on any atom is 0.225 e. The first kappa shape index (κ1) is 15.9. The highest BCUT2D eigenvalue weighted by molar-refractivity contribution is 5.79. The lowest BCUT2D eigenvalue weighted by atomic mass is 9.64. The maximum atomic E-state index is 13.0. The van der Waals surface area contributed by atoms with E-state index in [2.05, 4.69) is 4.90 Å². The van der Waals surface area contributed by atoms with Gasteiger partial charge in [0.1, 0.15) is 0 Å². The second kappa shape index (κ2) is 6.38. The Morgan fingerprint density at radius 3 is 2.09 bits per heavy atom. The van der Waals surface area contributed by atoms with Gasteiger partial charge >= 0.3 is 0 Å². The highest BCUT2D eigenvalue weighted by Crippen LogP contribution is 2.46. The van der Waals surface area contributed by atoms with Gasteiger partial charge in [0.15, 0.2) is 0 Å². The summed E-state index contributed by atoms with van der Waals surface area (Å²) < 4.78 is 0. The third kappa shape index (κ3) is 3.06. The molecule has 0 aromatic carbocycles. The first-order valence-electron chi connectivity index (χ1n) is 10.2. The molecule has 2 unspecified atom stereocenters. The van der Waals surface area contributed by atoms with Crippen LogP contribution in [0.3, 0.4) is 0 Å². The lowest BCUT2D eigenvalue weighted by Gasteiger charge is -2.47. The Morgan fingerprint density at radius 1 is 0.870 bits per heavy atom. The fourth-order valence-corrected chi connectivity index (χ4v) is 6.25. The molecule has 23 heavy (non-hydrogen) atoms. The molecule has 2 atom stereocenters. The molecule has 1 heterocycles. The van der Waals surface area contributed by atoms with E-state index < -0.39 is 0 Å². The fourth-order valence-electron chi connectivity index (χ4n) is 6.25. The van der Waals surface area contributed by atoms with Crippen LogP contribution in [-0.4, -0.2) is 29.9 Å². The van der Waals surface area contributed by atoms with Crippen molar-refractivity contribution in [2.45, 2.75) is 83.1 Å². The van der Waals surface area contributed by atoms with Crippen molar-refractivity contribution < 1.29 is 4.79 Å². The number of hydrogen-bond donors (Lipinski definition) is 1. The van der Waals surface area contributed by atoms with Gasteiger partial charge in [0, 0.05) is 25.0 Å². The van der Waals surface area contributed by atoms with Crippen LogP contribution in [0.25, 0.3) is 0 Å². The molecule has 1 saturated heterocycles. The molecule has 2 bridgehead atoms. The molecule has 1 aliphatic heterocycles. The zero-order chi connectivity index (χ0) is 15.9. The summed E-state index contributed by atoms with van der Waals surface area (Å²) in [6.07, 6.45) is 15.6. The number of rotatable bonds is 1. The lowest BCUT2D eigenvalue weighted by molar-refractivity contribution is -0.141. The number of amides is 1. The van der Waals surface area contributed by atoms with Crippen LogP contribution in [0.4, 0.5) is 0 Å². The number of nitrogens with two attached hydrogens (primary N) is 1. The maximum absolute atomic E-state index is 13.0. The van der Waals surface area contributed by atoms with Crippen LogP contribution in [0, 0.1) is 23.2 Å². The molecule has 0 radical (unpaired) electrons. The molecule has 1 spiro atoms. The van der Waals surface area contributed by atoms with Crippen LogP contribution in [-0.2, 0) is 4.79 Å². The zero-order valence-corrected chi connectivity index (χ0v) is 14.6. The Hall–Kier alpha value is -0.570. The summed E-state index contributed by atoms with van der Waals surface area (Å²) in [5.74, 6) is 1.99. The summed E-state index contributed by atoms with van der Waals surface area (Å²) >= 11 is 0. The van der Waals surface area contributed by atoms with E-state index in [1.54, 1.807) is 0 Å². The third-order valence-corrected chi connectivity index (χ3v) is 7.81. The topological polar surface area (TPSA) is 46.3 Å². The van der Waals surface area contributed by atoms with Crippen LogP contribution < -0.4 is 5.73 Å². The Bertz CT molecular complexity index is 419. The van der Waals surface area contributed by atoms with Crippen molar-refractivity contribution in [2.75, 3.05) is 13.1 Å². The number of hydrogen-bond acceptors (Lipinski definition) is 2. The van der Waals surface area contributed by atoms with E-state index in [0.29, 0.717) is 29.2 Å². The van der Waals surface area contributed by atoms with E-state index >= 15 is 0 Å². The molecule has 2 N–H and O–H groups in total. The second-order valence-electron chi connectivity index (χ2n) is 9.08. The van der Waals surface area contributed by atoms with Crippen LogP contribution in [0.2, 0.25) is 0 Å². The molecule has 3 saturated carbocycles. The van der Waals surface area contributed by atoms with Crippen LogP contribution >= 0.6 is 0 Å². The minimum absolute atomic E-state index is 0.283. The predicted molar refractivity (Wildman–Crippen MR) is 92.9 cm³/mol. The molecule has 3 nitrogen and oxygen atoms in total. The lowest BCUT2D eigenvalue weighted by Crippen LogP contribution is -2.51. The quantitative estimate of drug-likeness (QED) is 0.801. The zero-order valence-electron chi connectivity index (χ0n) is 14.6. The third-order valence-electron chi connectivity index (χ3n) is 7.81. The molecule has 3 aliphatic carbocycles. The van der Waals surface area contributed by atoms with Gasteiger partial charge in [0.05, 0.1) is 0 Å². The Balaban J connectivity index is 1.35. The highest BCUT2D eigenvalue weighted by Gasteiger charge is 2.43. The van der Waals surface area contributed by atoms with Gasteiger partial charge in [0.2, 0.25) is 5.91 Å². The van der Waals surface area contributed by atoms with Gasteiger partial charge in [-0.1, -0.05) is 25.7 Å². The Labute approximate surface area is 141 Å². The predicted octanol–water partition coefficient (Wildman–Crippen LogP) is 3.71. The van der Waals surface area contributed by atoms with Crippen molar-refractivity contribution in [3.63, 3.8) is 0 Å². The molecule has 0 aromatic heterocycles. The summed E-state index contributed by atoms with van der Waals surface area (Å²) in [6.45, 7) is 2.05. The van der Waals surface area contributed by atoms with Gasteiger partial charge in [-0.15, -0.1) is 0 Å². The number of likely N-dealkylation sites (tertiary alicyclic amines) is 1. The van der Waals surface area contributed by atoms with Gasteiger partial charge in [-0.3, -0.25) is 4.79 Å². The highest BCUT2D eigenvalue weighted by atomic mass is 16.2. The first-order valence-corrected chi connectivity index (χ1v) is 10.2. The molecular formula is C20H34N2O. The normalized spacial score (nSPS) is 40.1. The summed E-state index contributed by atoms with van der Waals surface area (Å²) in [5.41, 5.74) is 6.99. The molecule has 0 aromatic rings. The SMILES string of the molecule is NC1C2CCCC1CC(C(=O)N1CCC3(CCCCC3)CC1)C2. The van der Waals surface area contributed by atoms with E-state index in [4.69, 9.17) is 5.73 Å². The van der Waals surface area contributed by atoms with E-state index in [1.165, 1.54) is 64.2 Å². The standard InChI is InChI=1S/C20H34N2O/c21-18-15-5-4-6-16(18)14-17(13-15)19(23)22-11-9-20(10-12-22)7-2-1-3-8-20/h15-18H,1-14,21H2. The Morgan fingerprint density at radius 2 is 1.48 bits per heavy atom. The van der Waals surface area contributed by atoms with Gasteiger partial charge in [-0.2, -0.15) is 0 Å². The average molecular weight is 319 g/mol. The van der Waals surface area contributed by atoms with Crippen molar-refractivity contribution in [1.29, 1.82) is 0 Å². The van der Waals surface area contributed by atoms with Crippen molar-refractivity contribution >= 4 is 5.91 Å². The number of fused-ring (bicyclic) bond motifs is 2. The molecule has 4 rings (SSSR count). The molecular weight excluding hydrogens is 284 g/mol. The van der Waals surface area contributed by atoms with Gasteiger partial charge in [-0.25, -0.2) is 0 Å². The second-order valence-corrected chi connectivity index (χ2v) is 9.08. The van der Waals surface area contributed by atoms with Crippen LogP contribution in [0.5, 0.6) is 0 Å². The molecule has 4 fully saturated rings. The largest absolute Gasteiger partial charge is 0.342 e. The minimum Gasteiger partial charge on any atom is -0.342 e. The van der Waals surface area contributed by atoms with Gasteiger partial charge in [0.25, 0.3) is 0 Å². The summed E-state index contributed by atoms with van der Waals surface area (Å²) in [4.78, 5) is 15.3. The first-order chi connectivity index (χ1) is 11.2. The number of piperidine rings is 1. The summed E-state index contributed by atoms with van der Waals surface area (Å²) in [7, 11) is 0. The van der Waals surface area contributed by atoms with Gasteiger partial charge in [-0.05, 0) is 68.6 Å². The summed E-state index contributed by atoms with van der Waals surface area (Å²) in [6, 6.07) is 0.375. The van der Waals surface area contributed by atoms with Crippen LogP contribution in [0.15, 0.2) is 0 Å². The van der Waals surface area contributed by atoms with Crippen molar-refractivity contribution in [3.8, 4) is 0 Å². The van der Waals surface area contributed by atoms with E-state index in [0.717, 1.165) is 25.9 Å². The monoisotopic (exact) mass is 318 g/mol. The minimum atomic E-state index is 0.283. The Kier molecular flexibility index (Phi) is 4.42. The number of carbonyl (C=O) groups excluding carboxylic acids is 1. The number of carbonyl (C=O) groups is 1. The molecule has 130 valence electrons. The number of nitrogens with zero attached hydrogens (tertiary/aromatic N) is 1. The van der Waals surface area contributed by atoms with E-state index in [9.17, 15) is 4.79 Å². The van der Waals surface area contributed by atoms with E-state index in [1.807, 2.05) is 0 Å². The molecule has 4 aliphatic rings. The van der Waals surface area contributed by atoms with Crippen molar-refractivity contribution in [3.05, 3.63) is 0 Å².